The Labute approximate surface area is 191 Å². The van der Waals surface area contributed by atoms with Gasteiger partial charge in [0.1, 0.15) is 0 Å². The van der Waals surface area contributed by atoms with Gasteiger partial charge in [-0.15, -0.1) is 5.10 Å². The van der Waals surface area contributed by atoms with Crippen LogP contribution in [-0.2, 0) is 11.8 Å². The third-order valence-electron chi connectivity index (χ3n) is 5.45. The average Bonchev–Trinajstić information content (AvgIpc) is 3.41. The van der Waals surface area contributed by atoms with E-state index < -0.39 is 0 Å². The Kier molecular flexibility index (Phi) is 6.75. The number of nitrogens with zero attached hydrogens (tertiary/aromatic N) is 5. The standard InChI is InChI=1S/C23H27N7OS/c1-29(2)17-10-8-16(9-11-17)19(20-15-24-21-7-5-4-6-18(20)21)14-25-22(31)12-13-32-23-26-27-28-30(23)3/h4-11,15,19,24H,12-14H2,1-3H3,(H,25,31). The molecule has 166 valence electrons. The maximum atomic E-state index is 12.6. The van der Waals surface area contributed by atoms with Gasteiger partial charge in [0.15, 0.2) is 0 Å². The molecule has 0 aliphatic rings. The quantitative estimate of drug-likeness (QED) is 0.381. The maximum absolute atomic E-state index is 12.6. The van der Waals surface area contributed by atoms with E-state index in [0.717, 1.165) is 11.2 Å². The second-order valence-corrected chi connectivity index (χ2v) is 8.88. The van der Waals surface area contributed by atoms with E-state index in [0.29, 0.717) is 23.9 Å². The molecule has 1 unspecified atom stereocenters. The minimum Gasteiger partial charge on any atom is -0.378 e. The smallest absolute Gasteiger partial charge is 0.220 e. The van der Waals surface area contributed by atoms with Gasteiger partial charge < -0.3 is 15.2 Å². The Morgan fingerprint density at radius 3 is 2.69 bits per heavy atom. The number of fused-ring (bicyclic) bond motifs is 1. The number of nitrogens with one attached hydrogen (secondary N) is 2. The normalized spacial score (nSPS) is 12.1. The number of aromatic nitrogens is 5. The first-order chi connectivity index (χ1) is 15.5. The summed E-state index contributed by atoms with van der Waals surface area (Å²) in [6.45, 7) is 0.526. The van der Waals surface area contributed by atoms with E-state index in [1.54, 1.807) is 11.7 Å². The SMILES string of the molecule is CN(C)c1ccc(C(CNC(=O)CCSc2nnnn2C)c2c[nH]c3ccccc23)cc1. The monoisotopic (exact) mass is 449 g/mol. The molecule has 0 aliphatic heterocycles. The summed E-state index contributed by atoms with van der Waals surface area (Å²) in [6, 6.07) is 16.8. The molecule has 2 heterocycles. The van der Waals surface area contributed by atoms with E-state index >= 15 is 0 Å². The van der Waals surface area contributed by atoms with Gasteiger partial charge in [0.05, 0.1) is 0 Å². The lowest BCUT2D eigenvalue weighted by Crippen LogP contribution is -2.29. The van der Waals surface area contributed by atoms with Crippen LogP contribution in [0.3, 0.4) is 0 Å². The van der Waals surface area contributed by atoms with E-state index in [9.17, 15) is 4.79 Å². The molecule has 0 fully saturated rings. The summed E-state index contributed by atoms with van der Waals surface area (Å²) in [7, 11) is 5.85. The first-order valence-electron chi connectivity index (χ1n) is 10.5. The first-order valence-corrected chi connectivity index (χ1v) is 11.5. The number of benzene rings is 2. The van der Waals surface area contributed by atoms with Crippen molar-refractivity contribution in [2.45, 2.75) is 17.5 Å². The van der Waals surface area contributed by atoms with E-state index in [-0.39, 0.29) is 11.8 Å². The van der Waals surface area contributed by atoms with Gasteiger partial charge >= 0.3 is 0 Å². The fraction of sp³-hybridized carbons (Fsp3) is 0.304. The van der Waals surface area contributed by atoms with Crippen LogP contribution in [0.5, 0.6) is 0 Å². The molecular weight excluding hydrogens is 422 g/mol. The Morgan fingerprint density at radius 2 is 1.97 bits per heavy atom. The lowest BCUT2D eigenvalue weighted by atomic mass is 9.90. The van der Waals surface area contributed by atoms with Crippen LogP contribution in [-0.4, -0.2) is 57.5 Å². The molecule has 0 spiro atoms. The lowest BCUT2D eigenvalue weighted by Gasteiger charge is -2.20. The molecule has 0 saturated carbocycles. The third kappa shape index (κ3) is 4.94. The number of rotatable bonds is 9. The maximum Gasteiger partial charge on any atom is 0.220 e. The van der Waals surface area contributed by atoms with Crippen LogP contribution in [0, 0.1) is 0 Å². The zero-order chi connectivity index (χ0) is 22.5. The highest BCUT2D eigenvalue weighted by molar-refractivity contribution is 7.99. The Balaban J connectivity index is 1.48. The number of carbonyl (C=O) groups excluding carboxylic acids is 1. The van der Waals surface area contributed by atoms with Crippen molar-refractivity contribution in [3.63, 3.8) is 0 Å². The second kappa shape index (κ2) is 9.86. The highest BCUT2D eigenvalue weighted by Gasteiger charge is 2.19. The molecule has 1 atom stereocenters. The van der Waals surface area contributed by atoms with Gasteiger partial charge in [-0.25, -0.2) is 4.68 Å². The highest BCUT2D eigenvalue weighted by atomic mass is 32.2. The Hall–Kier alpha value is -3.33. The number of aryl methyl sites for hydroxylation is 1. The summed E-state index contributed by atoms with van der Waals surface area (Å²) in [5.41, 5.74) is 4.58. The van der Waals surface area contributed by atoms with Crippen molar-refractivity contribution < 1.29 is 4.79 Å². The number of para-hydroxylation sites is 1. The number of tetrazole rings is 1. The van der Waals surface area contributed by atoms with Crippen LogP contribution in [0.2, 0.25) is 0 Å². The van der Waals surface area contributed by atoms with Crippen LogP contribution in [0.1, 0.15) is 23.5 Å². The molecule has 32 heavy (non-hydrogen) atoms. The molecular formula is C23H27N7OS. The van der Waals surface area contributed by atoms with Gasteiger partial charge in [-0.2, -0.15) is 0 Å². The van der Waals surface area contributed by atoms with Gasteiger partial charge in [0.2, 0.25) is 11.1 Å². The van der Waals surface area contributed by atoms with E-state index in [1.165, 1.54) is 28.3 Å². The molecule has 2 N–H and O–H groups in total. The molecule has 8 nitrogen and oxygen atoms in total. The van der Waals surface area contributed by atoms with Crippen LogP contribution in [0.4, 0.5) is 5.69 Å². The van der Waals surface area contributed by atoms with Crippen molar-refractivity contribution >= 4 is 34.3 Å². The summed E-state index contributed by atoms with van der Waals surface area (Å²) in [5, 5.41) is 16.4. The van der Waals surface area contributed by atoms with Crippen LogP contribution in [0.15, 0.2) is 59.9 Å². The van der Waals surface area contributed by atoms with Crippen molar-refractivity contribution in [3.8, 4) is 0 Å². The molecule has 9 heteroatoms. The van der Waals surface area contributed by atoms with E-state index in [2.05, 4.69) is 73.3 Å². The number of hydrogen-bond acceptors (Lipinski definition) is 6. The number of hydrogen-bond donors (Lipinski definition) is 2. The summed E-state index contributed by atoms with van der Waals surface area (Å²) >= 11 is 1.47. The van der Waals surface area contributed by atoms with Gasteiger partial charge in [-0.05, 0) is 39.8 Å². The Morgan fingerprint density at radius 1 is 1.19 bits per heavy atom. The van der Waals surface area contributed by atoms with Crippen molar-refractivity contribution in [2.24, 2.45) is 7.05 Å². The van der Waals surface area contributed by atoms with E-state index in [4.69, 9.17) is 0 Å². The number of H-pyrrole nitrogens is 1. The van der Waals surface area contributed by atoms with Crippen LogP contribution >= 0.6 is 11.8 Å². The van der Waals surface area contributed by atoms with Gasteiger partial charge in [-0.3, -0.25) is 4.79 Å². The molecule has 0 aliphatic carbocycles. The minimum absolute atomic E-state index is 0.0161. The van der Waals surface area contributed by atoms with Crippen molar-refractivity contribution in [1.29, 1.82) is 0 Å². The van der Waals surface area contributed by atoms with Gasteiger partial charge in [0.25, 0.3) is 0 Å². The summed E-state index contributed by atoms with van der Waals surface area (Å²) in [5.74, 6) is 0.680. The molecule has 0 radical (unpaired) electrons. The molecule has 4 aromatic rings. The molecule has 4 rings (SSSR count). The van der Waals surface area contributed by atoms with Crippen LogP contribution in [0.25, 0.3) is 10.9 Å². The number of anilines is 1. The summed E-state index contributed by atoms with van der Waals surface area (Å²) in [4.78, 5) is 18.0. The number of thioether (sulfide) groups is 1. The lowest BCUT2D eigenvalue weighted by molar-refractivity contribution is -0.120. The first kappa shape index (κ1) is 21.9. The fourth-order valence-corrected chi connectivity index (χ4v) is 4.46. The zero-order valence-corrected chi connectivity index (χ0v) is 19.3. The molecule has 0 saturated heterocycles. The minimum atomic E-state index is 0.0161. The largest absolute Gasteiger partial charge is 0.378 e. The van der Waals surface area contributed by atoms with Crippen molar-refractivity contribution in [3.05, 3.63) is 65.9 Å². The van der Waals surface area contributed by atoms with E-state index in [1.807, 2.05) is 26.2 Å². The third-order valence-corrected chi connectivity index (χ3v) is 6.47. The number of amides is 1. The summed E-state index contributed by atoms with van der Waals surface area (Å²) in [6.07, 6.45) is 2.45. The zero-order valence-electron chi connectivity index (χ0n) is 18.4. The van der Waals surface area contributed by atoms with Gasteiger partial charge in [-0.1, -0.05) is 42.1 Å². The van der Waals surface area contributed by atoms with Crippen molar-refractivity contribution in [2.75, 3.05) is 31.3 Å². The molecule has 2 aromatic heterocycles. The highest BCUT2D eigenvalue weighted by Crippen LogP contribution is 2.31. The predicted molar refractivity (Wildman–Crippen MR) is 128 cm³/mol. The van der Waals surface area contributed by atoms with Crippen LogP contribution < -0.4 is 10.2 Å². The van der Waals surface area contributed by atoms with Crippen molar-refractivity contribution in [1.82, 2.24) is 30.5 Å². The van der Waals surface area contributed by atoms with Gasteiger partial charge in [0, 0.05) is 68.6 Å². The molecule has 0 bridgehead atoms. The predicted octanol–water partition coefficient (Wildman–Crippen LogP) is 3.19. The number of aromatic amines is 1. The molecule has 2 aromatic carbocycles. The number of carbonyl (C=O) groups is 1. The topological polar surface area (TPSA) is 91.7 Å². The Bertz CT molecular complexity index is 1180. The summed E-state index contributed by atoms with van der Waals surface area (Å²) < 4.78 is 1.60. The second-order valence-electron chi connectivity index (χ2n) is 7.82. The molecule has 1 amide bonds. The fourth-order valence-electron chi connectivity index (χ4n) is 3.68. The average molecular weight is 450 g/mol.